The third-order valence-corrected chi connectivity index (χ3v) is 3.41. The zero-order valence-corrected chi connectivity index (χ0v) is 9.66. The minimum absolute atomic E-state index is 0.0982. The average molecular weight is 216 g/mol. The number of hydrogen-bond donors (Lipinski definition) is 1. The van der Waals surface area contributed by atoms with Crippen molar-refractivity contribution in [3.8, 4) is 0 Å². The fourth-order valence-corrected chi connectivity index (χ4v) is 2.11. The van der Waals surface area contributed by atoms with E-state index in [0.29, 0.717) is 5.92 Å². The van der Waals surface area contributed by atoms with E-state index in [-0.39, 0.29) is 5.54 Å². The van der Waals surface area contributed by atoms with Crippen molar-refractivity contribution in [2.75, 3.05) is 0 Å². The molecule has 3 rings (SSSR count). The van der Waals surface area contributed by atoms with Crippen molar-refractivity contribution in [3.63, 3.8) is 0 Å². The van der Waals surface area contributed by atoms with Crippen LogP contribution in [0.2, 0.25) is 0 Å². The number of rotatable bonds is 2. The predicted molar refractivity (Wildman–Crippen MR) is 63.2 cm³/mol. The summed E-state index contributed by atoms with van der Waals surface area (Å²) in [6.45, 7) is 4.24. The van der Waals surface area contributed by atoms with Gasteiger partial charge in [-0.15, -0.1) is 0 Å². The van der Waals surface area contributed by atoms with Gasteiger partial charge in [0.15, 0.2) is 5.58 Å². The molecule has 0 atom stereocenters. The SMILES string of the molecule is CC(C)c1noc2cc(C3(N)CC3)ccc12. The molecule has 1 aliphatic rings. The fourth-order valence-electron chi connectivity index (χ4n) is 2.11. The molecule has 1 heterocycles. The first-order valence-electron chi connectivity index (χ1n) is 5.79. The zero-order chi connectivity index (χ0) is 11.3. The molecule has 0 radical (unpaired) electrons. The van der Waals surface area contributed by atoms with E-state index >= 15 is 0 Å². The highest BCUT2D eigenvalue weighted by Crippen LogP contribution is 2.43. The lowest BCUT2D eigenvalue weighted by Gasteiger charge is -2.08. The predicted octanol–water partition coefficient (Wildman–Crippen LogP) is 2.90. The molecule has 1 aromatic carbocycles. The lowest BCUT2D eigenvalue weighted by atomic mass is 10.0. The van der Waals surface area contributed by atoms with Crippen LogP contribution >= 0.6 is 0 Å². The summed E-state index contributed by atoms with van der Waals surface area (Å²) in [6.07, 6.45) is 2.15. The average Bonchev–Trinajstić information content (AvgIpc) is 2.87. The van der Waals surface area contributed by atoms with Crippen molar-refractivity contribution in [2.24, 2.45) is 5.73 Å². The number of nitrogens with two attached hydrogens (primary N) is 1. The van der Waals surface area contributed by atoms with Gasteiger partial charge in [-0.1, -0.05) is 25.1 Å². The highest BCUT2D eigenvalue weighted by atomic mass is 16.5. The lowest BCUT2D eigenvalue weighted by Crippen LogP contribution is -2.18. The summed E-state index contributed by atoms with van der Waals surface area (Å²) in [4.78, 5) is 0. The normalized spacial score (nSPS) is 18.2. The maximum atomic E-state index is 6.16. The van der Waals surface area contributed by atoms with Gasteiger partial charge >= 0.3 is 0 Å². The van der Waals surface area contributed by atoms with Crippen LogP contribution in [-0.4, -0.2) is 5.16 Å². The third kappa shape index (κ3) is 1.35. The Morgan fingerprint density at radius 2 is 2.12 bits per heavy atom. The molecule has 1 fully saturated rings. The molecular formula is C13H16N2O. The second kappa shape index (κ2) is 3.08. The van der Waals surface area contributed by atoms with E-state index in [0.717, 1.165) is 29.5 Å². The Bertz CT molecular complexity index is 538. The summed E-state index contributed by atoms with van der Waals surface area (Å²) >= 11 is 0. The molecule has 0 saturated heterocycles. The van der Waals surface area contributed by atoms with Gasteiger partial charge in [0.2, 0.25) is 0 Å². The van der Waals surface area contributed by atoms with Crippen LogP contribution < -0.4 is 5.73 Å². The lowest BCUT2D eigenvalue weighted by molar-refractivity contribution is 0.441. The van der Waals surface area contributed by atoms with Gasteiger partial charge in [0.1, 0.15) is 0 Å². The fraction of sp³-hybridized carbons (Fsp3) is 0.462. The van der Waals surface area contributed by atoms with Crippen LogP contribution in [0.15, 0.2) is 22.7 Å². The first-order valence-corrected chi connectivity index (χ1v) is 5.79. The molecule has 0 aliphatic heterocycles. The van der Waals surface area contributed by atoms with Gasteiger partial charge in [-0.05, 0) is 36.5 Å². The molecule has 0 unspecified atom stereocenters. The van der Waals surface area contributed by atoms with E-state index in [4.69, 9.17) is 10.3 Å². The summed E-state index contributed by atoms with van der Waals surface area (Å²) in [6, 6.07) is 6.24. The largest absolute Gasteiger partial charge is 0.356 e. The van der Waals surface area contributed by atoms with Crippen molar-refractivity contribution >= 4 is 11.0 Å². The summed E-state index contributed by atoms with van der Waals surface area (Å²) in [5, 5.41) is 5.24. The number of fused-ring (bicyclic) bond motifs is 1. The summed E-state index contributed by atoms with van der Waals surface area (Å²) in [5.74, 6) is 0.389. The number of nitrogens with zero attached hydrogens (tertiary/aromatic N) is 1. The molecular weight excluding hydrogens is 200 g/mol. The quantitative estimate of drug-likeness (QED) is 0.839. The molecule has 84 valence electrons. The maximum absolute atomic E-state index is 6.16. The van der Waals surface area contributed by atoms with Gasteiger partial charge in [-0.2, -0.15) is 0 Å². The molecule has 1 saturated carbocycles. The Labute approximate surface area is 94.6 Å². The van der Waals surface area contributed by atoms with Crippen LogP contribution in [0.1, 0.15) is 43.9 Å². The molecule has 0 bridgehead atoms. The van der Waals surface area contributed by atoms with Crippen molar-refractivity contribution in [1.82, 2.24) is 5.16 Å². The number of benzene rings is 1. The van der Waals surface area contributed by atoms with Gasteiger partial charge < -0.3 is 10.3 Å². The van der Waals surface area contributed by atoms with Gasteiger partial charge in [-0.3, -0.25) is 0 Å². The molecule has 0 spiro atoms. The Morgan fingerprint density at radius 1 is 1.38 bits per heavy atom. The van der Waals surface area contributed by atoms with Crippen LogP contribution in [0.4, 0.5) is 0 Å². The van der Waals surface area contributed by atoms with Gasteiger partial charge in [-0.25, -0.2) is 0 Å². The first-order chi connectivity index (χ1) is 7.60. The molecule has 2 aromatic rings. The van der Waals surface area contributed by atoms with Crippen LogP contribution in [0.25, 0.3) is 11.0 Å². The highest BCUT2D eigenvalue weighted by Gasteiger charge is 2.40. The monoisotopic (exact) mass is 216 g/mol. The summed E-state index contributed by atoms with van der Waals surface area (Å²) in [5.41, 5.74) is 9.13. The molecule has 1 aromatic heterocycles. The maximum Gasteiger partial charge on any atom is 0.167 e. The zero-order valence-electron chi connectivity index (χ0n) is 9.66. The van der Waals surface area contributed by atoms with Crippen LogP contribution in [0.5, 0.6) is 0 Å². The molecule has 2 N–H and O–H groups in total. The molecule has 1 aliphatic carbocycles. The van der Waals surface area contributed by atoms with Crippen LogP contribution in [0.3, 0.4) is 0 Å². The van der Waals surface area contributed by atoms with Crippen molar-refractivity contribution in [3.05, 3.63) is 29.5 Å². The van der Waals surface area contributed by atoms with Crippen LogP contribution in [-0.2, 0) is 5.54 Å². The molecule has 16 heavy (non-hydrogen) atoms. The minimum atomic E-state index is -0.0982. The van der Waals surface area contributed by atoms with E-state index < -0.39 is 0 Å². The van der Waals surface area contributed by atoms with E-state index in [9.17, 15) is 0 Å². The molecule has 3 heteroatoms. The van der Waals surface area contributed by atoms with Gasteiger partial charge in [0.25, 0.3) is 0 Å². The topological polar surface area (TPSA) is 52.0 Å². The summed E-state index contributed by atoms with van der Waals surface area (Å²) in [7, 11) is 0. The van der Waals surface area contributed by atoms with E-state index in [1.807, 2.05) is 6.07 Å². The Kier molecular flexibility index (Phi) is 1.89. The standard InChI is InChI=1S/C13H16N2O/c1-8(2)12-10-4-3-9(13(14)5-6-13)7-11(10)16-15-12/h3-4,7-8H,5-6,14H2,1-2H3. The Hall–Kier alpha value is -1.35. The molecule has 3 nitrogen and oxygen atoms in total. The first kappa shape index (κ1) is 9.85. The van der Waals surface area contributed by atoms with Crippen molar-refractivity contribution in [1.29, 1.82) is 0 Å². The Morgan fingerprint density at radius 3 is 2.75 bits per heavy atom. The highest BCUT2D eigenvalue weighted by molar-refractivity contribution is 5.80. The smallest absolute Gasteiger partial charge is 0.167 e. The third-order valence-electron chi connectivity index (χ3n) is 3.41. The second-order valence-corrected chi connectivity index (χ2v) is 5.09. The Balaban J connectivity index is 2.13. The van der Waals surface area contributed by atoms with E-state index in [2.05, 4.69) is 31.1 Å². The van der Waals surface area contributed by atoms with Crippen LogP contribution in [0, 0.1) is 0 Å². The van der Waals surface area contributed by atoms with E-state index in [1.54, 1.807) is 0 Å². The number of aromatic nitrogens is 1. The minimum Gasteiger partial charge on any atom is -0.356 e. The van der Waals surface area contributed by atoms with Gasteiger partial charge in [0, 0.05) is 10.9 Å². The molecule has 0 amide bonds. The van der Waals surface area contributed by atoms with Crippen molar-refractivity contribution < 1.29 is 4.52 Å². The van der Waals surface area contributed by atoms with Crippen molar-refractivity contribution in [2.45, 2.75) is 38.1 Å². The number of hydrogen-bond acceptors (Lipinski definition) is 3. The van der Waals surface area contributed by atoms with E-state index in [1.165, 1.54) is 5.56 Å². The summed E-state index contributed by atoms with van der Waals surface area (Å²) < 4.78 is 5.37. The van der Waals surface area contributed by atoms with Gasteiger partial charge in [0.05, 0.1) is 5.69 Å². The second-order valence-electron chi connectivity index (χ2n) is 5.09.